The highest BCUT2D eigenvalue weighted by molar-refractivity contribution is 5.95. The Bertz CT molecular complexity index is 1130. The predicted molar refractivity (Wildman–Crippen MR) is 144 cm³/mol. The Labute approximate surface area is 238 Å². The zero-order valence-electron chi connectivity index (χ0n) is 23.5. The van der Waals surface area contributed by atoms with Gasteiger partial charge in [-0.1, -0.05) is 60.7 Å². The van der Waals surface area contributed by atoms with Crippen molar-refractivity contribution in [3.8, 4) is 0 Å². The molecule has 0 heterocycles. The van der Waals surface area contributed by atoms with Crippen molar-refractivity contribution in [2.75, 3.05) is 27.9 Å². The predicted octanol–water partition coefficient (Wildman–Crippen LogP) is 2.75. The van der Waals surface area contributed by atoms with Gasteiger partial charge in [0.05, 0.1) is 21.3 Å². The largest absolute Gasteiger partial charge is 0.467 e. The molecule has 0 aliphatic heterocycles. The summed E-state index contributed by atoms with van der Waals surface area (Å²) in [6.07, 6.45) is -0.331. The number of unbranched alkanes of at least 4 members (excludes halogenated alkanes) is 1. The number of hydrogen-bond donors (Lipinski definition) is 0. The van der Waals surface area contributed by atoms with Crippen LogP contribution in [0.2, 0.25) is 0 Å². The maximum absolute atomic E-state index is 12.8. The maximum Gasteiger partial charge on any atom is 0.331 e. The molecule has 222 valence electrons. The van der Waals surface area contributed by atoms with Crippen LogP contribution in [0, 0.1) is 0 Å². The molecule has 12 heteroatoms. The third-order valence-corrected chi connectivity index (χ3v) is 5.86. The van der Waals surface area contributed by atoms with Crippen molar-refractivity contribution >= 4 is 29.7 Å². The topological polar surface area (TPSA) is 138 Å². The molecule has 0 fully saturated rings. The van der Waals surface area contributed by atoms with Crippen molar-refractivity contribution in [3.05, 3.63) is 71.8 Å². The summed E-state index contributed by atoms with van der Waals surface area (Å²) in [5.74, 6) is -3.57. The van der Waals surface area contributed by atoms with E-state index in [2.05, 4.69) is 0 Å². The lowest BCUT2D eigenvalue weighted by Crippen LogP contribution is -2.45. The molecule has 0 spiro atoms. The number of ether oxygens (including phenoxy) is 3. The van der Waals surface area contributed by atoms with Gasteiger partial charge in [0.15, 0.2) is 6.04 Å². The van der Waals surface area contributed by atoms with E-state index in [1.165, 1.54) is 21.3 Å². The zero-order valence-corrected chi connectivity index (χ0v) is 23.5. The van der Waals surface area contributed by atoms with Gasteiger partial charge in [0, 0.05) is 6.54 Å². The second-order valence-corrected chi connectivity index (χ2v) is 8.76. The number of hydroxylamine groups is 4. The van der Waals surface area contributed by atoms with E-state index in [1.54, 1.807) is 36.4 Å². The number of carbonyl (C=O) groups is 5. The summed E-state index contributed by atoms with van der Waals surface area (Å²) in [5.41, 5.74) is 1.56. The summed E-state index contributed by atoms with van der Waals surface area (Å²) >= 11 is 0. The number of hydrogen-bond acceptors (Lipinski definition) is 10. The van der Waals surface area contributed by atoms with Crippen molar-refractivity contribution in [1.29, 1.82) is 0 Å². The number of amides is 2. The van der Waals surface area contributed by atoms with Crippen LogP contribution < -0.4 is 0 Å². The molecule has 0 bridgehead atoms. The highest BCUT2D eigenvalue weighted by atomic mass is 16.7. The minimum absolute atomic E-state index is 0.000165. The number of nitrogens with zero attached hydrogens (tertiary/aromatic N) is 2. The van der Waals surface area contributed by atoms with E-state index in [1.807, 2.05) is 24.3 Å². The fraction of sp³-hybridized carbons (Fsp3) is 0.414. The molecule has 0 aromatic heterocycles. The van der Waals surface area contributed by atoms with Gasteiger partial charge in [-0.15, -0.1) is 0 Å². The second-order valence-electron chi connectivity index (χ2n) is 8.76. The van der Waals surface area contributed by atoms with Gasteiger partial charge in [-0.25, -0.2) is 14.9 Å². The van der Waals surface area contributed by atoms with Gasteiger partial charge in [-0.2, -0.15) is 0 Å². The van der Waals surface area contributed by atoms with Gasteiger partial charge < -0.3 is 14.2 Å². The molecular weight excluding hydrogens is 536 g/mol. The first-order chi connectivity index (χ1) is 19.8. The highest BCUT2D eigenvalue weighted by Crippen LogP contribution is 2.15. The van der Waals surface area contributed by atoms with Crippen LogP contribution in [0.4, 0.5) is 0 Å². The Morgan fingerprint density at radius 2 is 1.20 bits per heavy atom. The van der Waals surface area contributed by atoms with Crippen molar-refractivity contribution in [1.82, 2.24) is 10.1 Å². The molecule has 12 nitrogen and oxygen atoms in total. The summed E-state index contributed by atoms with van der Waals surface area (Å²) in [4.78, 5) is 72.2. The standard InChI is InChI=1S/C29H36N2O10/c1-37-29(36)24(31(39-3)26(33)19-28(35)41-21-23-14-8-5-9-15-23)16-10-11-17-30(38-2)25(32)18-27(34)40-20-22-12-6-4-7-13-22/h4-9,12-15,24H,10-11,16-21H2,1-3H3/t24-/m1/s1. The van der Waals surface area contributed by atoms with Gasteiger partial charge >= 0.3 is 17.9 Å². The molecule has 2 rings (SSSR count). The first kappa shape index (κ1) is 32.9. The number of methoxy groups -OCH3 is 1. The van der Waals surface area contributed by atoms with Crippen LogP contribution in [-0.4, -0.2) is 73.8 Å². The van der Waals surface area contributed by atoms with Crippen LogP contribution in [0.15, 0.2) is 60.7 Å². The Kier molecular flexibility index (Phi) is 14.6. The van der Waals surface area contributed by atoms with E-state index >= 15 is 0 Å². The quantitative estimate of drug-likeness (QED) is 0.0914. The van der Waals surface area contributed by atoms with Crippen molar-refractivity contribution in [3.63, 3.8) is 0 Å². The molecule has 0 N–H and O–H groups in total. The third kappa shape index (κ3) is 11.8. The Hall–Kier alpha value is -4.29. The summed E-state index contributed by atoms with van der Waals surface area (Å²) in [6, 6.07) is 16.9. The summed E-state index contributed by atoms with van der Waals surface area (Å²) in [6.45, 7) is 0.163. The van der Waals surface area contributed by atoms with E-state index in [4.69, 9.17) is 23.9 Å². The van der Waals surface area contributed by atoms with Crippen molar-refractivity contribution in [2.24, 2.45) is 0 Å². The van der Waals surface area contributed by atoms with Crippen molar-refractivity contribution < 1.29 is 47.9 Å². The van der Waals surface area contributed by atoms with Crippen LogP contribution in [0.25, 0.3) is 0 Å². The van der Waals surface area contributed by atoms with E-state index in [0.717, 1.165) is 21.3 Å². The second kappa shape index (κ2) is 18.1. The molecule has 41 heavy (non-hydrogen) atoms. The summed E-state index contributed by atoms with van der Waals surface area (Å²) < 4.78 is 15.1. The molecule has 0 saturated heterocycles. The average Bonchev–Trinajstić information content (AvgIpc) is 2.99. The molecule has 2 aromatic carbocycles. The Morgan fingerprint density at radius 3 is 1.66 bits per heavy atom. The monoisotopic (exact) mass is 572 g/mol. The molecule has 0 saturated carbocycles. The summed E-state index contributed by atoms with van der Waals surface area (Å²) in [5, 5.41) is 1.82. The lowest BCUT2D eigenvalue weighted by atomic mass is 10.1. The average molecular weight is 573 g/mol. The molecule has 0 aliphatic carbocycles. The number of rotatable bonds is 17. The van der Waals surface area contributed by atoms with Crippen LogP contribution in [0.3, 0.4) is 0 Å². The van der Waals surface area contributed by atoms with E-state index in [9.17, 15) is 24.0 Å². The SMILES string of the molecule is COC(=O)[C@@H](CCCCN(OC)C(=O)CC(=O)OCc1ccccc1)N(OC)C(=O)CC(=O)OCc1ccccc1. The number of carbonyl (C=O) groups excluding carboxylic acids is 5. The van der Waals surface area contributed by atoms with Gasteiger partial charge in [0.25, 0.3) is 11.8 Å². The van der Waals surface area contributed by atoms with E-state index in [-0.39, 0.29) is 26.2 Å². The van der Waals surface area contributed by atoms with Crippen LogP contribution >= 0.6 is 0 Å². The molecule has 0 radical (unpaired) electrons. The molecule has 0 aliphatic rings. The molecule has 2 amide bonds. The molecule has 0 unspecified atom stereocenters. The van der Waals surface area contributed by atoms with Crippen LogP contribution in [-0.2, 0) is 61.1 Å². The smallest absolute Gasteiger partial charge is 0.331 e. The Balaban J connectivity index is 1.82. The fourth-order valence-electron chi connectivity index (χ4n) is 3.77. The summed E-state index contributed by atoms with van der Waals surface area (Å²) in [7, 11) is 3.67. The Morgan fingerprint density at radius 1 is 0.683 bits per heavy atom. The lowest BCUT2D eigenvalue weighted by Gasteiger charge is -2.27. The fourth-order valence-corrected chi connectivity index (χ4v) is 3.77. The van der Waals surface area contributed by atoms with Gasteiger partial charge in [0.1, 0.15) is 26.1 Å². The number of esters is 3. The molecule has 1 atom stereocenters. The minimum Gasteiger partial charge on any atom is -0.467 e. The number of benzene rings is 2. The van der Waals surface area contributed by atoms with Crippen molar-refractivity contribution in [2.45, 2.75) is 51.4 Å². The van der Waals surface area contributed by atoms with Gasteiger partial charge in [-0.3, -0.25) is 28.9 Å². The van der Waals surface area contributed by atoms with Crippen LogP contribution in [0.5, 0.6) is 0 Å². The van der Waals surface area contributed by atoms with Gasteiger partial charge in [0.2, 0.25) is 0 Å². The van der Waals surface area contributed by atoms with E-state index in [0.29, 0.717) is 12.8 Å². The molecular formula is C29H36N2O10. The first-order valence-corrected chi connectivity index (χ1v) is 13.0. The van der Waals surface area contributed by atoms with Gasteiger partial charge in [-0.05, 0) is 30.4 Å². The highest BCUT2D eigenvalue weighted by Gasteiger charge is 2.32. The normalized spacial score (nSPS) is 11.2. The molecule has 2 aromatic rings. The minimum atomic E-state index is -1.14. The van der Waals surface area contributed by atoms with E-state index < -0.39 is 48.6 Å². The third-order valence-electron chi connectivity index (χ3n) is 5.86. The lowest BCUT2D eigenvalue weighted by molar-refractivity contribution is -0.200. The van der Waals surface area contributed by atoms with Crippen LogP contribution in [0.1, 0.15) is 43.2 Å². The maximum atomic E-state index is 12.8. The zero-order chi connectivity index (χ0) is 30.0. The first-order valence-electron chi connectivity index (χ1n) is 13.0.